The molecule has 8 nitrogen and oxygen atoms in total. The van der Waals surface area contributed by atoms with Gasteiger partial charge in [-0.2, -0.15) is 0 Å². The third-order valence-corrected chi connectivity index (χ3v) is 10.1. The van der Waals surface area contributed by atoms with E-state index in [0.29, 0.717) is 56.7 Å². The van der Waals surface area contributed by atoms with Crippen LogP contribution in [0.4, 0.5) is 19.1 Å². The van der Waals surface area contributed by atoms with Crippen molar-refractivity contribution in [1.82, 2.24) is 14.3 Å². The fourth-order valence-corrected chi connectivity index (χ4v) is 6.70. The molecule has 2 aliphatic rings. The summed E-state index contributed by atoms with van der Waals surface area (Å²) in [5.74, 6) is -2.66. The van der Waals surface area contributed by atoms with Gasteiger partial charge in [-0.05, 0) is 50.7 Å². The molecule has 4 rings (SSSR count). The minimum Gasteiger partial charge on any atom is -0.487 e. The lowest BCUT2D eigenvalue weighted by atomic mass is 9.93. The quantitative estimate of drug-likeness (QED) is 0.511. The molecular weight excluding hydrogens is 507 g/mol. The molecular formula is C25H34F3N5O3S. The molecule has 0 radical (unpaired) electrons. The molecule has 37 heavy (non-hydrogen) atoms. The van der Waals surface area contributed by atoms with E-state index in [1.807, 2.05) is 13.8 Å². The van der Waals surface area contributed by atoms with Gasteiger partial charge >= 0.3 is 0 Å². The van der Waals surface area contributed by atoms with Crippen LogP contribution >= 0.6 is 0 Å². The maximum absolute atomic E-state index is 14.3. The van der Waals surface area contributed by atoms with Gasteiger partial charge in [-0.15, -0.1) is 0 Å². The summed E-state index contributed by atoms with van der Waals surface area (Å²) in [6, 6.07) is 0.898. The van der Waals surface area contributed by atoms with E-state index >= 15 is 0 Å². The van der Waals surface area contributed by atoms with Crippen molar-refractivity contribution >= 4 is 16.0 Å². The first kappa shape index (κ1) is 27.6. The first-order valence-corrected chi connectivity index (χ1v) is 14.1. The molecule has 2 N–H and O–H groups in total. The number of sulfonamides is 1. The van der Waals surface area contributed by atoms with Crippen molar-refractivity contribution in [3.05, 3.63) is 47.5 Å². The molecule has 1 unspecified atom stereocenters. The van der Waals surface area contributed by atoms with Gasteiger partial charge in [-0.25, -0.2) is 35.9 Å². The first-order valence-electron chi connectivity index (χ1n) is 12.6. The number of piperidine rings is 1. The summed E-state index contributed by atoms with van der Waals surface area (Å²) in [6.45, 7) is 7.13. The molecule has 0 aliphatic carbocycles. The van der Waals surface area contributed by atoms with Crippen LogP contribution in [0.5, 0.6) is 5.75 Å². The van der Waals surface area contributed by atoms with E-state index < -0.39 is 39.4 Å². The number of anilines is 1. The number of ether oxygens (including phenoxy) is 1. The van der Waals surface area contributed by atoms with Gasteiger partial charge < -0.3 is 15.4 Å². The van der Waals surface area contributed by atoms with Crippen molar-refractivity contribution in [2.24, 2.45) is 11.7 Å². The Morgan fingerprint density at radius 3 is 2.30 bits per heavy atom. The highest BCUT2D eigenvalue weighted by Gasteiger charge is 2.36. The summed E-state index contributed by atoms with van der Waals surface area (Å²) in [5, 5.41) is -0.385. The summed E-state index contributed by atoms with van der Waals surface area (Å²) in [4.78, 5) is 10.5. The molecule has 2 fully saturated rings. The van der Waals surface area contributed by atoms with Crippen LogP contribution in [0, 0.1) is 23.4 Å². The summed E-state index contributed by atoms with van der Waals surface area (Å²) >= 11 is 0. The number of halogens is 3. The zero-order valence-electron chi connectivity index (χ0n) is 21.3. The lowest BCUT2D eigenvalue weighted by Gasteiger charge is -2.35. The first-order chi connectivity index (χ1) is 17.5. The molecule has 2 aliphatic heterocycles. The van der Waals surface area contributed by atoms with Gasteiger partial charge in [0.2, 0.25) is 16.0 Å². The van der Waals surface area contributed by atoms with Crippen LogP contribution in [0.15, 0.2) is 24.5 Å². The average molecular weight is 542 g/mol. The van der Waals surface area contributed by atoms with Gasteiger partial charge in [-0.1, -0.05) is 6.92 Å². The lowest BCUT2D eigenvalue weighted by molar-refractivity contribution is 0.110. The molecule has 1 aromatic carbocycles. The van der Waals surface area contributed by atoms with Crippen molar-refractivity contribution < 1.29 is 26.3 Å². The molecule has 4 atom stereocenters. The van der Waals surface area contributed by atoms with Gasteiger partial charge in [-0.3, -0.25) is 0 Å². The second-order valence-electron chi connectivity index (χ2n) is 10.0. The summed E-state index contributed by atoms with van der Waals surface area (Å²) in [6.07, 6.45) is 4.97. The number of nitrogens with zero attached hydrogens (tertiary/aromatic N) is 4. The van der Waals surface area contributed by atoms with Gasteiger partial charge in [0.1, 0.15) is 5.82 Å². The Hall–Kier alpha value is -2.44. The summed E-state index contributed by atoms with van der Waals surface area (Å²) in [5.41, 5.74) is 6.22. The molecule has 0 amide bonds. The standard InChI is InChI=1S/C25H34F3N5O3S/c1-4-15(2)37(34,35)33-7-5-17(6-8-33)16(3)36-18-11-30-25(31-12-18)32-13-20(24(29)14-32)19-9-22(27)23(28)10-21(19)26/h9-12,15-17,20,24H,4-8,13-14,29H2,1-3H3/t15?,16-,20+,24-/m0/s1. The Labute approximate surface area is 216 Å². The molecule has 12 heteroatoms. The largest absolute Gasteiger partial charge is 0.487 e. The van der Waals surface area contributed by atoms with E-state index in [4.69, 9.17) is 10.5 Å². The fourth-order valence-electron chi connectivity index (χ4n) is 5.05. The monoisotopic (exact) mass is 541 g/mol. The van der Waals surface area contributed by atoms with Gasteiger partial charge in [0.05, 0.1) is 23.7 Å². The molecule has 204 valence electrons. The molecule has 0 saturated carbocycles. The van der Waals surface area contributed by atoms with Gasteiger partial charge in [0.25, 0.3) is 0 Å². The van der Waals surface area contributed by atoms with Crippen LogP contribution < -0.4 is 15.4 Å². The van der Waals surface area contributed by atoms with E-state index in [2.05, 4.69) is 9.97 Å². The van der Waals surface area contributed by atoms with E-state index in [9.17, 15) is 21.6 Å². The second-order valence-corrected chi connectivity index (χ2v) is 12.4. The zero-order valence-corrected chi connectivity index (χ0v) is 22.1. The highest BCUT2D eigenvalue weighted by molar-refractivity contribution is 7.89. The van der Waals surface area contributed by atoms with Crippen molar-refractivity contribution in [2.45, 2.75) is 63.3 Å². The van der Waals surface area contributed by atoms with Crippen molar-refractivity contribution in [1.29, 1.82) is 0 Å². The Morgan fingerprint density at radius 2 is 1.68 bits per heavy atom. The van der Waals surface area contributed by atoms with Crippen molar-refractivity contribution in [3.8, 4) is 5.75 Å². The minimum atomic E-state index is -3.26. The number of hydrogen-bond donors (Lipinski definition) is 1. The highest BCUT2D eigenvalue weighted by atomic mass is 32.2. The predicted molar refractivity (Wildman–Crippen MR) is 134 cm³/mol. The lowest BCUT2D eigenvalue weighted by Crippen LogP contribution is -2.44. The fraction of sp³-hybridized carbons (Fsp3) is 0.600. The SMILES string of the molecule is CCC(C)S(=O)(=O)N1CCC([C@H](C)Oc2cnc(N3C[C@H](c4cc(F)c(F)cc4F)[C@@H](N)C3)nc2)CC1. The highest BCUT2D eigenvalue weighted by Crippen LogP contribution is 2.32. The Kier molecular flexibility index (Phi) is 8.29. The number of rotatable bonds is 8. The van der Waals surface area contributed by atoms with Crippen LogP contribution in [-0.4, -0.2) is 66.3 Å². The van der Waals surface area contributed by atoms with E-state index in [0.717, 1.165) is 6.07 Å². The molecule has 2 saturated heterocycles. The minimum absolute atomic E-state index is 0.0330. The topological polar surface area (TPSA) is 102 Å². The molecule has 2 aromatic rings. The summed E-state index contributed by atoms with van der Waals surface area (Å²) < 4.78 is 74.2. The molecule has 0 bridgehead atoms. The third kappa shape index (κ3) is 5.85. The normalized spacial score (nSPS) is 23.3. The number of benzene rings is 1. The van der Waals surface area contributed by atoms with Crippen molar-refractivity contribution in [3.63, 3.8) is 0 Å². The Bertz CT molecular complexity index is 1190. The van der Waals surface area contributed by atoms with Crippen molar-refractivity contribution in [2.75, 3.05) is 31.1 Å². The van der Waals surface area contributed by atoms with Gasteiger partial charge in [0.15, 0.2) is 17.4 Å². The summed E-state index contributed by atoms with van der Waals surface area (Å²) in [7, 11) is -3.26. The van der Waals surface area contributed by atoms with Crippen LogP contribution in [-0.2, 0) is 10.0 Å². The number of hydrogen-bond acceptors (Lipinski definition) is 7. The van der Waals surface area contributed by atoms with Crippen LogP contribution in [0.1, 0.15) is 51.5 Å². The second kappa shape index (κ2) is 11.1. The molecule has 0 spiro atoms. The van der Waals surface area contributed by atoms with E-state index in [1.165, 1.54) is 0 Å². The Morgan fingerprint density at radius 1 is 1.05 bits per heavy atom. The molecule has 3 heterocycles. The Balaban J connectivity index is 1.34. The maximum atomic E-state index is 14.3. The maximum Gasteiger partial charge on any atom is 0.225 e. The molecule has 1 aromatic heterocycles. The smallest absolute Gasteiger partial charge is 0.225 e. The van der Waals surface area contributed by atoms with Crippen LogP contribution in [0.2, 0.25) is 0 Å². The van der Waals surface area contributed by atoms with Crippen LogP contribution in [0.3, 0.4) is 0 Å². The number of nitrogens with two attached hydrogens (primary N) is 1. The average Bonchev–Trinajstić information content (AvgIpc) is 3.27. The van der Waals surface area contributed by atoms with E-state index in [1.54, 1.807) is 28.5 Å². The third-order valence-electron chi connectivity index (χ3n) is 7.63. The van der Waals surface area contributed by atoms with Gasteiger partial charge in [0, 0.05) is 44.2 Å². The zero-order chi connectivity index (χ0) is 26.9. The number of aromatic nitrogens is 2. The van der Waals surface area contributed by atoms with E-state index in [-0.39, 0.29) is 29.4 Å². The predicted octanol–water partition coefficient (Wildman–Crippen LogP) is 3.43. The van der Waals surface area contributed by atoms with Crippen LogP contribution in [0.25, 0.3) is 0 Å².